The summed E-state index contributed by atoms with van der Waals surface area (Å²) in [6.07, 6.45) is 5.21. The maximum atomic E-state index is 12.1. The van der Waals surface area contributed by atoms with Crippen LogP contribution < -0.4 is 4.74 Å². The van der Waals surface area contributed by atoms with Crippen molar-refractivity contribution in [3.8, 4) is 11.5 Å². The summed E-state index contributed by atoms with van der Waals surface area (Å²) in [6.45, 7) is 5.67. The van der Waals surface area contributed by atoms with Gasteiger partial charge in [-0.1, -0.05) is 19.9 Å². The van der Waals surface area contributed by atoms with Gasteiger partial charge in [-0.3, -0.25) is 4.79 Å². The summed E-state index contributed by atoms with van der Waals surface area (Å²) in [4.78, 5) is 13.9. The van der Waals surface area contributed by atoms with Crippen molar-refractivity contribution in [3.05, 3.63) is 29.8 Å². The molecular formula is C16H23NO3. The standard InChI is InChI=1S/C16H23NO3/c1-4-10-17(11-5-2)16(19)9-7-13-6-8-14(18)15(12-13)20-3/h6-9,12,18H,4-5,10-11H2,1-3H3/b9-7+. The van der Waals surface area contributed by atoms with Gasteiger partial charge in [0.15, 0.2) is 11.5 Å². The first kappa shape index (κ1) is 16.1. The summed E-state index contributed by atoms with van der Waals surface area (Å²) in [6, 6.07) is 4.99. The molecule has 0 saturated carbocycles. The molecule has 0 unspecified atom stereocenters. The van der Waals surface area contributed by atoms with E-state index in [1.807, 2.05) is 4.90 Å². The van der Waals surface area contributed by atoms with Crippen molar-refractivity contribution in [1.29, 1.82) is 0 Å². The number of hydrogen-bond donors (Lipinski definition) is 1. The smallest absolute Gasteiger partial charge is 0.246 e. The lowest BCUT2D eigenvalue weighted by molar-refractivity contribution is -0.126. The molecule has 110 valence electrons. The molecule has 0 aliphatic rings. The van der Waals surface area contributed by atoms with Crippen molar-refractivity contribution in [3.63, 3.8) is 0 Å². The van der Waals surface area contributed by atoms with Crippen LogP contribution in [0.5, 0.6) is 11.5 Å². The Bertz CT molecular complexity index is 463. The number of ether oxygens (including phenoxy) is 1. The molecule has 0 atom stereocenters. The van der Waals surface area contributed by atoms with E-state index in [9.17, 15) is 9.90 Å². The lowest BCUT2D eigenvalue weighted by atomic mass is 10.2. The van der Waals surface area contributed by atoms with E-state index in [4.69, 9.17) is 4.74 Å². The van der Waals surface area contributed by atoms with Crippen molar-refractivity contribution < 1.29 is 14.6 Å². The number of nitrogens with zero attached hydrogens (tertiary/aromatic N) is 1. The average Bonchev–Trinajstić information content (AvgIpc) is 2.45. The summed E-state index contributed by atoms with van der Waals surface area (Å²) in [5.74, 6) is 0.508. The molecule has 0 fully saturated rings. The number of phenols is 1. The number of aromatic hydroxyl groups is 1. The minimum atomic E-state index is 0.0146. The second kappa shape index (κ2) is 8.25. The van der Waals surface area contributed by atoms with Gasteiger partial charge < -0.3 is 14.7 Å². The quantitative estimate of drug-likeness (QED) is 0.779. The Kier molecular flexibility index (Phi) is 6.64. The van der Waals surface area contributed by atoms with E-state index < -0.39 is 0 Å². The highest BCUT2D eigenvalue weighted by molar-refractivity contribution is 5.91. The summed E-state index contributed by atoms with van der Waals surface area (Å²) in [7, 11) is 1.50. The lowest BCUT2D eigenvalue weighted by Gasteiger charge is -2.19. The Balaban J connectivity index is 2.77. The minimum absolute atomic E-state index is 0.0146. The lowest BCUT2D eigenvalue weighted by Crippen LogP contribution is -2.30. The maximum Gasteiger partial charge on any atom is 0.246 e. The van der Waals surface area contributed by atoms with Crippen LogP contribution in [-0.4, -0.2) is 36.1 Å². The highest BCUT2D eigenvalue weighted by Crippen LogP contribution is 2.26. The van der Waals surface area contributed by atoms with Crippen LogP contribution in [0.25, 0.3) is 6.08 Å². The maximum absolute atomic E-state index is 12.1. The Morgan fingerprint density at radius 3 is 2.50 bits per heavy atom. The average molecular weight is 277 g/mol. The number of carbonyl (C=O) groups excluding carboxylic acids is 1. The number of amides is 1. The molecule has 1 aromatic rings. The van der Waals surface area contributed by atoms with Crippen LogP contribution in [0.4, 0.5) is 0 Å². The fraction of sp³-hybridized carbons (Fsp3) is 0.438. The fourth-order valence-electron chi connectivity index (χ4n) is 1.94. The number of phenolic OH excluding ortho intramolecular Hbond substituents is 1. The first-order valence-electron chi connectivity index (χ1n) is 6.96. The predicted molar refractivity (Wildman–Crippen MR) is 80.9 cm³/mol. The molecule has 20 heavy (non-hydrogen) atoms. The van der Waals surface area contributed by atoms with E-state index in [-0.39, 0.29) is 11.7 Å². The van der Waals surface area contributed by atoms with Crippen LogP contribution in [0.1, 0.15) is 32.3 Å². The van der Waals surface area contributed by atoms with Gasteiger partial charge in [0.1, 0.15) is 0 Å². The molecule has 0 aliphatic carbocycles. The van der Waals surface area contributed by atoms with Crippen LogP contribution in [-0.2, 0) is 4.79 Å². The highest BCUT2D eigenvalue weighted by Gasteiger charge is 2.08. The fourth-order valence-corrected chi connectivity index (χ4v) is 1.94. The normalized spacial score (nSPS) is 10.8. The summed E-state index contributed by atoms with van der Waals surface area (Å²) in [5.41, 5.74) is 0.820. The monoisotopic (exact) mass is 277 g/mol. The number of carbonyl (C=O) groups is 1. The zero-order valence-corrected chi connectivity index (χ0v) is 12.4. The van der Waals surface area contributed by atoms with E-state index in [1.165, 1.54) is 7.11 Å². The summed E-state index contributed by atoms with van der Waals surface area (Å²) in [5, 5.41) is 9.52. The third kappa shape index (κ3) is 4.61. The van der Waals surface area contributed by atoms with Gasteiger partial charge in [0.05, 0.1) is 7.11 Å². The molecule has 0 heterocycles. The number of hydrogen-bond acceptors (Lipinski definition) is 3. The summed E-state index contributed by atoms with van der Waals surface area (Å²) < 4.78 is 5.04. The number of rotatable bonds is 7. The Morgan fingerprint density at radius 1 is 1.30 bits per heavy atom. The van der Waals surface area contributed by atoms with Gasteiger partial charge in [-0.05, 0) is 36.6 Å². The van der Waals surface area contributed by atoms with Gasteiger partial charge in [0.2, 0.25) is 5.91 Å². The van der Waals surface area contributed by atoms with Gasteiger partial charge in [0, 0.05) is 19.2 Å². The van der Waals surface area contributed by atoms with Gasteiger partial charge in [-0.25, -0.2) is 0 Å². The Morgan fingerprint density at radius 2 is 1.95 bits per heavy atom. The van der Waals surface area contributed by atoms with Crippen molar-refractivity contribution in [2.45, 2.75) is 26.7 Å². The van der Waals surface area contributed by atoms with Crippen LogP contribution in [0.15, 0.2) is 24.3 Å². The van der Waals surface area contributed by atoms with Gasteiger partial charge in [-0.2, -0.15) is 0 Å². The van der Waals surface area contributed by atoms with E-state index in [0.29, 0.717) is 5.75 Å². The molecule has 1 aromatic carbocycles. The number of methoxy groups -OCH3 is 1. The Labute approximate surface area is 120 Å². The molecule has 0 radical (unpaired) electrons. The van der Waals surface area contributed by atoms with Gasteiger partial charge >= 0.3 is 0 Å². The molecule has 0 aromatic heterocycles. The molecule has 1 amide bonds. The zero-order chi connectivity index (χ0) is 15.0. The topological polar surface area (TPSA) is 49.8 Å². The van der Waals surface area contributed by atoms with Crippen LogP contribution in [0, 0.1) is 0 Å². The van der Waals surface area contributed by atoms with E-state index in [2.05, 4.69) is 13.8 Å². The van der Waals surface area contributed by atoms with Crippen LogP contribution in [0.2, 0.25) is 0 Å². The molecular weight excluding hydrogens is 254 g/mol. The molecule has 4 heteroatoms. The minimum Gasteiger partial charge on any atom is -0.504 e. The third-order valence-corrected chi connectivity index (χ3v) is 2.92. The molecule has 0 saturated heterocycles. The second-order valence-electron chi connectivity index (χ2n) is 4.59. The molecule has 0 bridgehead atoms. The van der Waals surface area contributed by atoms with Crippen molar-refractivity contribution in [2.75, 3.05) is 20.2 Å². The molecule has 0 spiro atoms. The zero-order valence-electron chi connectivity index (χ0n) is 12.4. The first-order chi connectivity index (χ1) is 9.62. The molecule has 4 nitrogen and oxygen atoms in total. The SMILES string of the molecule is CCCN(CCC)C(=O)/C=C/c1ccc(O)c(OC)c1. The first-order valence-corrected chi connectivity index (χ1v) is 6.96. The van der Waals surface area contributed by atoms with Crippen LogP contribution in [0.3, 0.4) is 0 Å². The van der Waals surface area contributed by atoms with Gasteiger partial charge in [0.25, 0.3) is 0 Å². The van der Waals surface area contributed by atoms with E-state index >= 15 is 0 Å². The third-order valence-electron chi connectivity index (χ3n) is 2.92. The molecule has 1 rings (SSSR count). The van der Waals surface area contributed by atoms with Crippen LogP contribution >= 0.6 is 0 Å². The summed E-state index contributed by atoms with van der Waals surface area (Å²) >= 11 is 0. The molecule has 1 N–H and O–H groups in total. The Hall–Kier alpha value is -1.97. The van der Waals surface area contributed by atoms with Crippen molar-refractivity contribution in [2.24, 2.45) is 0 Å². The van der Waals surface area contributed by atoms with Crippen molar-refractivity contribution >= 4 is 12.0 Å². The largest absolute Gasteiger partial charge is 0.504 e. The predicted octanol–water partition coefficient (Wildman–Crippen LogP) is 3.06. The highest BCUT2D eigenvalue weighted by atomic mass is 16.5. The van der Waals surface area contributed by atoms with Gasteiger partial charge in [-0.15, -0.1) is 0 Å². The number of benzene rings is 1. The van der Waals surface area contributed by atoms with Crippen molar-refractivity contribution in [1.82, 2.24) is 4.90 Å². The molecule has 0 aliphatic heterocycles. The van der Waals surface area contributed by atoms with E-state index in [0.717, 1.165) is 31.5 Å². The van der Waals surface area contributed by atoms with E-state index in [1.54, 1.807) is 30.4 Å². The second-order valence-corrected chi connectivity index (χ2v) is 4.59.